The summed E-state index contributed by atoms with van der Waals surface area (Å²) < 4.78 is 0. The Hall–Kier alpha value is -2.90. The fourth-order valence-electron chi connectivity index (χ4n) is 4.14. The third kappa shape index (κ3) is 5.92. The summed E-state index contributed by atoms with van der Waals surface area (Å²) in [6.07, 6.45) is 2.10. The number of amides is 1. The third-order valence-electron chi connectivity index (χ3n) is 5.80. The largest absolute Gasteiger partial charge is 0.481 e. The summed E-state index contributed by atoms with van der Waals surface area (Å²) in [4.78, 5) is 31.4. The van der Waals surface area contributed by atoms with E-state index in [0.717, 1.165) is 53.4 Å². The predicted octanol–water partition coefficient (Wildman–Crippen LogP) is 5.05. The standard InChI is InChI=1S/C25H26ClN3O3S/c1-16-23(33-25(28-16)19-7-9-20(26)10-8-19)24(32)27-14-18-5-3-11-29(15-18)21-6-2-4-17(12-21)13-22(30)31/h2,4,6-10,12,18H,3,5,11,13-15H2,1H3,(H,27,32)(H,30,31). The molecule has 8 heteroatoms. The fraction of sp³-hybridized carbons (Fsp3) is 0.320. The van der Waals surface area contributed by atoms with Gasteiger partial charge in [-0.25, -0.2) is 4.98 Å². The maximum Gasteiger partial charge on any atom is 0.307 e. The zero-order valence-corrected chi connectivity index (χ0v) is 20.0. The minimum Gasteiger partial charge on any atom is -0.481 e. The summed E-state index contributed by atoms with van der Waals surface area (Å²) in [5, 5.41) is 13.6. The van der Waals surface area contributed by atoms with Crippen LogP contribution in [0, 0.1) is 12.8 Å². The molecule has 6 nitrogen and oxygen atoms in total. The number of halogens is 1. The van der Waals surface area contributed by atoms with Crippen LogP contribution in [0.5, 0.6) is 0 Å². The Kier molecular flexibility index (Phi) is 7.30. The van der Waals surface area contributed by atoms with Crippen molar-refractivity contribution in [3.8, 4) is 10.6 Å². The van der Waals surface area contributed by atoms with Crippen molar-refractivity contribution in [2.45, 2.75) is 26.2 Å². The van der Waals surface area contributed by atoms with Gasteiger partial charge in [0.2, 0.25) is 0 Å². The monoisotopic (exact) mass is 483 g/mol. The highest BCUT2D eigenvalue weighted by atomic mass is 35.5. The van der Waals surface area contributed by atoms with Gasteiger partial charge in [-0.15, -0.1) is 11.3 Å². The second kappa shape index (κ2) is 10.4. The summed E-state index contributed by atoms with van der Waals surface area (Å²) in [6.45, 7) is 4.21. The van der Waals surface area contributed by atoms with Crippen molar-refractivity contribution in [1.82, 2.24) is 10.3 Å². The molecular formula is C25H26ClN3O3S. The summed E-state index contributed by atoms with van der Waals surface area (Å²) in [7, 11) is 0. The highest BCUT2D eigenvalue weighted by Crippen LogP contribution is 2.29. The second-order valence-electron chi connectivity index (χ2n) is 8.35. The summed E-state index contributed by atoms with van der Waals surface area (Å²) in [5.41, 5.74) is 3.51. The Morgan fingerprint density at radius 1 is 1.24 bits per heavy atom. The van der Waals surface area contributed by atoms with Crippen LogP contribution >= 0.6 is 22.9 Å². The summed E-state index contributed by atoms with van der Waals surface area (Å²) >= 11 is 7.36. The van der Waals surface area contributed by atoms with E-state index in [1.165, 1.54) is 11.3 Å². The predicted molar refractivity (Wildman–Crippen MR) is 132 cm³/mol. The van der Waals surface area contributed by atoms with Gasteiger partial charge in [0.15, 0.2) is 0 Å². The molecule has 1 atom stereocenters. The molecule has 172 valence electrons. The van der Waals surface area contributed by atoms with E-state index in [2.05, 4.69) is 15.2 Å². The van der Waals surface area contributed by atoms with Crippen molar-refractivity contribution in [2.75, 3.05) is 24.5 Å². The molecule has 33 heavy (non-hydrogen) atoms. The van der Waals surface area contributed by atoms with Crippen molar-refractivity contribution in [1.29, 1.82) is 0 Å². The van der Waals surface area contributed by atoms with Crippen LogP contribution in [-0.2, 0) is 11.2 Å². The number of carboxylic acids is 1. The number of rotatable bonds is 7. The first-order valence-electron chi connectivity index (χ1n) is 11.0. The number of piperidine rings is 1. The number of hydrogen-bond acceptors (Lipinski definition) is 5. The van der Waals surface area contributed by atoms with E-state index in [-0.39, 0.29) is 12.3 Å². The number of nitrogens with one attached hydrogen (secondary N) is 1. The molecule has 0 saturated carbocycles. The number of aryl methyl sites for hydroxylation is 1. The van der Waals surface area contributed by atoms with E-state index < -0.39 is 5.97 Å². The lowest BCUT2D eigenvalue weighted by Crippen LogP contribution is -2.41. The molecule has 1 aliphatic rings. The lowest BCUT2D eigenvalue weighted by molar-refractivity contribution is -0.136. The van der Waals surface area contributed by atoms with Crippen molar-refractivity contribution in [3.05, 3.63) is 69.7 Å². The van der Waals surface area contributed by atoms with Gasteiger partial charge in [0.25, 0.3) is 5.91 Å². The number of carboxylic acid groups (broad SMARTS) is 1. The van der Waals surface area contributed by atoms with Crippen molar-refractivity contribution in [2.24, 2.45) is 5.92 Å². The normalized spacial score (nSPS) is 15.9. The number of nitrogens with zero attached hydrogens (tertiary/aromatic N) is 2. The van der Waals surface area contributed by atoms with Crippen LogP contribution in [0.2, 0.25) is 5.02 Å². The smallest absolute Gasteiger partial charge is 0.307 e. The van der Waals surface area contributed by atoms with Gasteiger partial charge in [-0.3, -0.25) is 9.59 Å². The van der Waals surface area contributed by atoms with E-state index in [1.807, 2.05) is 55.5 Å². The molecule has 3 aromatic rings. The van der Waals surface area contributed by atoms with E-state index in [9.17, 15) is 9.59 Å². The van der Waals surface area contributed by atoms with E-state index in [1.54, 1.807) is 0 Å². The molecule has 2 aromatic carbocycles. The molecule has 1 aliphatic heterocycles. The zero-order chi connectivity index (χ0) is 23.4. The van der Waals surface area contributed by atoms with Gasteiger partial charge in [-0.1, -0.05) is 35.9 Å². The van der Waals surface area contributed by atoms with Gasteiger partial charge in [-0.2, -0.15) is 0 Å². The number of aromatic nitrogens is 1. The van der Waals surface area contributed by atoms with Crippen LogP contribution in [0.15, 0.2) is 48.5 Å². The summed E-state index contributed by atoms with van der Waals surface area (Å²) in [5.74, 6) is -0.593. The van der Waals surface area contributed by atoms with E-state index >= 15 is 0 Å². The zero-order valence-electron chi connectivity index (χ0n) is 18.4. The molecule has 0 spiro atoms. The Morgan fingerprint density at radius 3 is 2.79 bits per heavy atom. The molecule has 2 heterocycles. The third-order valence-corrected chi connectivity index (χ3v) is 7.25. The first kappa shape index (κ1) is 23.3. The molecule has 1 saturated heterocycles. The Morgan fingerprint density at radius 2 is 2.03 bits per heavy atom. The molecular weight excluding hydrogens is 458 g/mol. The molecule has 0 aliphatic carbocycles. The Bertz CT molecular complexity index is 1150. The lowest BCUT2D eigenvalue weighted by atomic mass is 9.97. The van der Waals surface area contributed by atoms with Gasteiger partial charge in [-0.05, 0) is 55.5 Å². The van der Waals surface area contributed by atoms with Crippen LogP contribution < -0.4 is 10.2 Å². The van der Waals surface area contributed by atoms with Gasteiger partial charge < -0.3 is 15.3 Å². The highest BCUT2D eigenvalue weighted by molar-refractivity contribution is 7.17. The first-order valence-corrected chi connectivity index (χ1v) is 12.2. The van der Waals surface area contributed by atoms with Gasteiger partial charge in [0, 0.05) is 35.9 Å². The van der Waals surface area contributed by atoms with Crippen molar-refractivity contribution in [3.63, 3.8) is 0 Å². The average Bonchev–Trinajstić information content (AvgIpc) is 3.19. The number of carbonyl (C=O) groups is 2. The number of carbonyl (C=O) groups excluding carboxylic acids is 1. The van der Waals surface area contributed by atoms with Crippen LogP contribution in [0.4, 0.5) is 5.69 Å². The maximum atomic E-state index is 12.9. The van der Waals surface area contributed by atoms with E-state index in [4.69, 9.17) is 16.7 Å². The van der Waals surface area contributed by atoms with Crippen LogP contribution in [0.3, 0.4) is 0 Å². The minimum atomic E-state index is -0.830. The number of aliphatic carboxylic acids is 1. The van der Waals surface area contributed by atoms with Crippen molar-refractivity contribution >= 4 is 40.5 Å². The lowest BCUT2D eigenvalue weighted by Gasteiger charge is -2.34. The molecule has 4 rings (SSSR count). The van der Waals surface area contributed by atoms with Crippen LogP contribution in [-0.4, -0.2) is 41.6 Å². The maximum absolute atomic E-state index is 12.9. The molecule has 2 N–H and O–H groups in total. The topological polar surface area (TPSA) is 82.5 Å². The Balaban J connectivity index is 1.37. The average molecular weight is 484 g/mol. The summed E-state index contributed by atoms with van der Waals surface area (Å²) in [6, 6.07) is 15.2. The van der Waals surface area contributed by atoms with Gasteiger partial charge in [0.05, 0.1) is 12.1 Å². The quantitative estimate of drug-likeness (QED) is 0.491. The van der Waals surface area contributed by atoms with Gasteiger partial charge in [0.1, 0.15) is 9.88 Å². The number of anilines is 1. The van der Waals surface area contributed by atoms with Gasteiger partial charge >= 0.3 is 5.97 Å². The van der Waals surface area contributed by atoms with E-state index in [0.29, 0.717) is 22.4 Å². The SMILES string of the molecule is Cc1nc(-c2ccc(Cl)cc2)sc1C(=O)NCC1CCCN(c2cccc(CC(=O)O)c2)C1. The Labute approximate surface area is 202 Å². The minimum absolute atomic E-state index is 0.0212. The van der Waals surface area contributed by atoms with Crippen molar-refractivity contribution < 1.29 is 14.7 Å². The number of hydrogen-bond donors (Lipinski definition) is 2. The molecule has 1 unspecified atom stereocenters. The van der Waals surface area contributed by atoms with Crippen LogP contribution in [0.25, 0.3) is 10.6 Å². The van der Waals surface area contributed by atoms with Crippen LogP contribution in [0.1, 0.15) is 33.8 Å². The highest BCUT2D eigenvalue weighted by Gasteiger charge is 2.23. The molecule has 0 bridgehead atoms. The number of benzene rings is 2. The molecule has 0 radical (unpaired) electrons. The fourth-order valence-corrected chi connectivity index (χ4v) is 5.26. The molecule has 1 fully saturated rings. The number of thiazole rings is 1. The first-order chi connectivity index (χ1) is 15.9. The molecule has 1 aromatic heterocycles. The second-order valence-corrected chi connectivity index (χ2v) is 9.78. The molecule has 1 amide bonds.